The molecule has 1 aromatic carbocycles. The monoisotopic (exact) mass is 342 g/mol. The second-order valence-corrected chi connectivity index (χ2v) is 6.98. The smallest absolute Gasteiger partial charge is 0.239 e. The molecular formula is C14H19BrN2OS. The number of nitrogens with one attached hydrogen (secondary N) is 1. The SMILES string of the molecule is CSC1CCC(NC(C(N)=O)c2cccc(Br)c2)C1. The molecule has 0 heterocycles. The van der Waals surface area contributed by atoms with E-state index in [0.717, 1.165) is 22.9 Å². The maximum Gasteiger partial charge on any atom is 0.239 e. The molecule has 1 fully saturated rings. The molecule has 3 nitrogen and oxygen atoms in total. The lowest BCUT2D eigenvalue weighted by Gasteiger charge is -2.21. The third-order valence-electron chi connectivity index (χ3n) is 3.59. The fourth-order valence-electron chi connectivity index (χ4n) is 2.57. The number of halogens is 1. The molecule has 1 saturated carbocycles. The molecule has 3 N–H and O–H groups in total. The number of primary amides is 1. The van der Waals surface area contributed by atoms with Gasteiger partial charge in [0, 0.05) is 15.8 Å². The summed E-state index contributed by atoms with van der Waals surface area (Å²) in [5.74, 6) is -0.314. The molecule has 0 bridgehead atoms. The lowest BCUT2D eigenvalue weighted by Crippen LogP contribution is -2.39. The average Bonchev–Trinajstić information content (AvgIpc) is 2.83. The highest BCUT2D eigenvalue weighted by Gasteiger charge is 2.28. The highest BCUT2D eigenvalue weighted by molar-refractivity contribution is 9.10. The van der Waals surface area contributed by atoms with Crippen molar-refractivity contribution in [2.75, 3.05) is 6.26 Å². The van der Waals surface area contributed by atoms with Crippen LogP contribution in [0.2, 0.25) is 0 Å². The topological polar surface area (TPSA) is 55.1 Å². The largest absolute Gasteiger partial charge is 0.368 e. The van der Waals surface area contributed by atoms with Crippen LogP contribution in [0.3, 0.4) is 0 Å². The molecule has 3 unspecified atom stereocenters. The summed E-state index contributed by atoms with van der Waals surface area (Å²) in [7, 11) is 0. The van der Waals surface area contributed by atoms with Crippen molar-refractivity contribution in [3.8, 4) is 0 Å². The molecule has 0 radical (unpaired) electrons. The fraction of sp³-hybridized carbons (Fsp3) is 0.500. The Bertz CT molecular complexity index is 455. The molecule has 0 aromatic heterocycles. The molecule has 5 heteroatoms. The minimum Gasteiger partial charge on any atom is -0.368 e. The third kappa shape index (κ3) is 3.97. The number of amides is 1. The van der Waals surface area contributed by atoms with Crippen molar-refractivity contribution < 1.29 is 4.79 Å². The lowest BCUT2D eigenvalue weighted by molar-refractivity contribution is -0.120. The molecule has 0 aliphatic heterocycles. The van der Waals surface area contributed by atoms with E-state index in [2.05, 4.69) is 27.5 Å². The van der Waals surface area contributed by atoms with Gasteiger partial charge in [0.2, 0.25) is 5.91 Å². The van der Waals surface area contributed by atoms with Crippen molar-refractivity contribution >= 4 is 33.6 Å². The highest BCUT2D eigenvalue weighted by Crippen LogP contribution is 2.30. The number of hydrogen-bond donors (Lipinski definition) is 2. The first-order valence-corrected chi connectivity index (χ1v) is 8.52. The number of nitrogens with two attached hydrogens (primary N) is 1. The van der Waals surface area contributed by atoms with Crippen molar-refractivity contribution in [2.24, 2.45) is 5.73 Å². The fourth-order valence-corrected chi connectivity index (χ4v) is 3.78. The van der Waals surface area contributed by atoms with Crippen LogP contribution < -0.4 is 11.1 Å². The van der Waals surface area contributed by atoms with E-state index in [-0.39, 0.29) is 5.91 Å². The summed E-state index contributed by atoms with van der Waals surface area (Å²) in [5, 5.41) is 4.12. The number of carbonyl (C=O) groups is 1. The molecular weight excluding hydrogens is 324 g/mol. The first kappa shape index (κ1) is 14.9. The zero-order valence-electron chi connectivity index (χ0n) is 10.9. The molecule has 0 saturated heterocycles. The summed E-state index contributed by atoms with van der Waals surface area (Å²) in [5.41, 5.74) is 6.47. The van der Waals surface area contributed by atoms with Crippen LogP contribution in [0.4, 0.5) is 0 Å². The van der Waals surface area contributed by atoms with Gasteiger partial charge in [-0.3, -0.25) is 10.1 Å². The van der Waals surface area contributed by atoms with E-state index >= 15 is 0 Å². The normalized spacial score (nSPS) is 24.3. The van der Waals surface area contributed by atoms with Gasteiger partial charge >= 0.3 is 0 Å². The first-order chi connectivity index (χ1) is 9.10. The summed E-state index contributed by atoms with van der Waals surface area (Å²) < 4.78 is 0.964. The molecule has 1 aromatic rings. The lowest BCUT2D eigenvalue weighted by atomic mass is 10.0. The molecule has 3 atom stereocenters. The maximum absolute atomic E-state index is 11.7. The zero-order valence-corrected chi connectivity index (χ0v) is 13.3. The van der Waals surface area contributed by atoms with E-state index in [9.17, 15) is 4.79 Å². The Labute approximate surface area is 126 Å². The van der Waals surface area contributed by atoms with Gasteiger partial charge in [0.05, 0.1) is 0 Å². The Morgan fingerprint density at radius 3 is 2.89 bits per heavy atom. The van der Waals surface area contributed by atoms with Gasteiger partial charge in [0.1, 0.15) is 6.04 Å². The predicted molar refractivity (Wildman–Crippen MR) is 84.2 cm³/mol. The van der Waals surface area contributed by atoms with Gasteiger partial charge in [-0.1, -0.05) is 28.1 Å². The number of carbonyl (C=O) groups excluding carboxylic acids is 1. The van der Waals surface area contributed by atoms with E-state index in [1.807, 2.05) is 36.0 Å². The van der Waals surface area contributed by atoms with E-state index in [1.54, 1.807) is 0 Å². The van der Waals surface area contributed by atoms with E-state index < -0.39 is 6.04 Å². The molecule has 0 spiro atoms. The maximum atomic E-state index is 11.7. The summed E-state index contributed by atoms with van der Waals surface area (Å²) in [4.78, 5) is 11.7. The number of rotatable bonds is 5. The summed E-state index contributed by atoms with van der Waals surface area (Å²) in [6.07, 6.45) is 5.58. The van der Waals surface area contributed by atoms with Crippen molar-refractivity contribution in [1.29, 1.82) is 0 Å². The van der Waals surface area contributed by atoms with E-state index in [4.69, 9.17) is 5.73 Å². The first-order valence-electron chi connectivity index (χ1n) is 6.43. The number of benzene rings is 1. The van der Waals surface area contributed by atoms with Crippen LogP contribution in [0.5, 0.6) is 0 Å². The number of hydrogen-bond acceptors (Lipinski definition) is 3. The Morgan fingerprint density at radius 2 is 2.32 bits per heavy atom. The van der Waals surface area contributed by atoms with Crippen LogP contribution in [0.1, 0.15) is 30.9 Å². The van der Waals surface area contributed by atoms with Gasteiger partial charge in [0.25, 0.3) is 0 Å². The Balaban J connectivity index is 2.07. The van der Waals surface area contributed by atoms with Gasteiger partial charge < -0.3 is 5.73 Å². The van der Waals surface area contributed by atoms with E-state index in [1.165, 1.54) is 6.42 Å². The van der Waals surface area contributed by atoms with Gasteiger partial charge in [-0.2, -0.15) is 11.8 Å². The third-order valence-corrected chi connectivity index (χ3v) is 5.17. The highest BCUT2D eigenvalue weighted by atomic mass is 79.9. The molecule has 104 valence electrons. The van der Waals surface area contributed by atoms with Gasteiger partial charge in [0.15, 0.2) is 0 Å². The molecule has 2 rings (SSSR count). The second kappa shape index (κ2) is 6.77. The Kier molecular flexibility index (Phi) is 5.30. The van der Waals surface area contributed by atoms with Crippen LogP contribution in [-0.4, -0.2) is 23.5 Å². The standard InChI is InChI=1S/C14H19BrN2OS/c1-19-12-6-5-11(8-12)17-13(14(16)18)9-3-2-4-10(15)7-9/h2-4,7,11-13,17H,5-6,8H2,1H3,(H2,16,18). The average molecular weight is 343 g/mol. The van der Waals surface area contributed by atoms with E-state index in [0.29, 0.717) is 11.3 Å². The molecule has 1 amide bonds. The van der Waals surface area contributed by atoms with Crippen LogP contribution >= 0.6 is 27.7 Å². The van der Waals surface area contributed by atoms with Crippen molar-refractivity contribution in [3.05, 3.63) is 34.3 Å². The van der Waals surface area contributed by atoms with Crippen molar-refractivity contribution in [2.45, 2.75) is 36.6 Å². The van der Waals surface area contributed by atoms with Crippen molar-refractivity contribution in [1.82, 2.24) is 5.32 Å². The van der Waals surface area contributed by atoms with Gasteiger partial charge in [-0.15, -0.1) is 0 Å². The second-order valence-electron chi connectivity index (χ2n) is 4.92. The van der Waals surface area contributed by atoms with Gasteiger partial charge in [-0.25, -0.2) is 0 Å². The molecule has 1 aliphatic rings. The zero-order chi connectivity index (χ0) is 13.8. The quantitative estimate of drug-likeness (QED) is 0.864. The van der Waals surface area contributed by atoms with Crippen molar-refractivity contribution in [3.63, 3.8) is 0 Å². The number of thioether (sulfide) groups is 1. The van der Waals surface area contributed by atoms with Gasteiger partial charge in [-0.05, 0) is 43.2 Å². The predicted octanol–water partition coefficient (Wildman–Crippen LogP) is 2.85. The summed E-state index contributed by atoms with van der Waals surface area (Å²) >= 11 is 5.34. The van der Waals surface area contributed by atoms with Crippen LogP contribution in [0.15, 0.2) is 28.7 Å². The van der Waals surface area contributed by atoms with Crippen LogP contribution in [-0.2, 0) is 4.79 Å². The Morgan fingerprint density at radius 1 is 1.53 bits per heavy atom. The minimum absolute atomic E-state index is 0.314. The minimum atomic E-state index is -0.400. The summed E-state index contributed by atoms with van der Waals surface area (Å²) in [6.45, 7) is 0. The Hall–Kier alpha value is -0.520. The van der Waals surface area contributed by atoms with Crippen LogP contribution in [0, 0.1) is 0 Å². The molecule has 1 aliphatic carbocycles. The summed E-state index contributed by atoms with van der Waals surface area (Å²) in [6, 6.07) is 7.74. The van der Waals surface area contributed by atoms with Crippen LogP contribution in [0.25, 0.3) is 0 Å². The molecule has 19 heavy (non-hydrogen) atoms.